The van der Waals surface area contributed by atoms with E-state index in [9.17, 15) is 5.11 Å². The molecule has 16 heavy (non-hydrogen) atoms. The molecule has 0 aromatic heterocycles. The molecule has 2 rings (SSSR count). The predicted octanol–water partition coefficient (Wildman–Crippen LogP) is 2.44. The van der Waals surface area contributed by atoms with Crippen molar-refractivity contribution in [3.05, 3.63) is 12.2 Å². The van der Waals surface area contributed by atoms with Gasteiger partial charge in [0.15, 0.2) is 0 Å². The third-order valence-corrected chi connectivity index (χ3v) is 4.34. The molecule has 0 amide bonds. The average Bonchev–Trinajstić information content (AvgIpc) is 2.34. The van der Waals surface area contributed by atoms with Gasteiger partial charge < -0.3 is 10.0 Å². The van der Waals surface area contributed by atoms with Crippen LogP contribution >= 0.6 is 0 Å². The summed E-state index contributed by atoms with van der Waals surface area (Å²) < 4.78 is 0. The van der Waals surface area contributed by atoms with Gasteiger partial charge in [0.05, 0.1) is 0 Å². The van der Waals surface area contributed by atoms with Crippen LogP contribution in [-0.2, 0) is 0 Å². The van der Waals surface area contributed by atoms with Crippen LogP contribution in [0.5, 0.6) is 0 Å². The molecule has 2 aliphatic rings. The number of aliphatic hydroxyl groups excluding tert-OH is 1. The molecule has 0 aromatic rings. The lowest BCUT2D eigenvalue weighted by molar-refractivity contribution is 0.0516. The van der Waals surface area contributed by atoms with Crippen molar-refractivity contribution in [2.75, 3.05) is 26.2 Å². The summed E-state index contributed by atoms with van der Waals surface area (Å²) in [5, 5.41) is 9.33. The highest BCUT2D eigenvalue weighted by molar-refractivity contribution is 4.91. The molecule has 1 saturated heterocycles. The first-order valence-corrected chi connectivity index (χ1v) is 6.70. The Morgan fingerprint density at radius 3 is 2.62 bits per heavy atom. The summed E-state index contributed by atoms with van der Waals surface area (Å²) in [5.74, 6) is 0.878. The molecule has 92 valence electrons. The summed E-state index contributed by atoms with van der Waals surface area (Å²) in [6.07, 6.45) is 10.9. The molecule has 1 heterocycles. The fourth-order valence-electron chi connectivity index (χ4n) is 2.82. The predicted molar refractivity (Wildman–Crippen MR) is 67.3 cm³/mol. The molecule has 0 radical (unpaired) electrons. The van der Waals surface area contributed by atoms with Crippen LogP contribution in [0.4, 0.5) is 0 Å². The molecule has 2 nitrogen and oxygen atoms in total. The van der Waals surface area contributed by atoms with Gasteiger partial charge in [-0.15, -0.1) is 0 Å². The van der Waals surface area contributed by atoms with Gasteiger partial charge in [0.25, 0.3) is 0 Å². The van der Waals surface area contributed by atoms with Gasteiger partial charge in [-0.05, 0) is 56.5 Å². The van der Waals surface area contributed by atoms with E-state index in [-0.39, 0.29) is 5.41 Å². The molecule has 1 fully saturated rings. The number of aliphatic hydroxyl groups is 1. The van der Waals surface area contributed by atoms with Gasteiger partial charge in [-0.3, -0.25) is 0 Å². The van der Waals surface area contributed by atoms with E-state index in [2.05, 4.69) is 24.0 Å². The third-order valence-electron chi connectivity index (χ3n) is 4.34. The minimum absolute atomic E-state index is 0.197. The molecule has 1 atom stereocenters. The average molecular weight is 223 g/mol. The number of piperidine rings is 1. The largest absolute Gasteiger partial charge is 0.396 e. The molecule has 1 aliphatic heterocycles. The van der Waals surface area contributed by atoms with E-state index in [1.54, 1.807) is 0 Å². The zero-order valence-electron chi connectivity index (χ0n) is 10.5. The van der Waals surface area contributed by atoms with E-state index in [0.717, 1.165) is 18.8 Å². The highest BCUT2D eigenvalue weighted by Gasteiger charge is 2.29. The molecule has 1 unspecified atom stereocenters. The van der Waals surface area contributed by atoms with E-state index >= 15 is 0 Å². The van der Waals surface area contributed by atoms with Gasteiger partial charge in [0.2, 0.25) is 0 Å². The summed E-state index contributed by atoms with van der Waals surface area (Å²) in [4.78, 5) is 2.60. The fourth-order valence-corrected chi connectivity index (χ4v) is 2.82. The number of nitrogens with zero attached hydrogens (tertiary/aromatic N) is 1. The lowest BCUT2D eigenvalue weighted by Gasteiger charge is -2.39. The van der Waals surface area contributed by atoms with Crippen molar-refractivity contribution in [3.8, 4) is 0 Å². The minimum Gasteiger partial charge on any atom is -0.396 e. The Bertz CT molecular complexity index is 241. The Labute approximate surface area is 99.3 Å². The first-order valence-electron chi connectivity index (χ1n) is 6.70. The fraction of sp³-hybridized carbons (Fsp3) is 0.857. The van der Waals surface area contributed by atoms with Crippen molar-refractivity contribution in [1.82, 2.24) is 4.90 Å². The number of likely N-dealkylation sites (tertiary alicyclic amines) is 1. The molecule has 0 aromatic carbocycles. The van der Waals surface area contributed by atoms with Crippen LogP contribution in [0, 0.1) is 11.3 Å². The smallest absolute Gasteiger partial charge is 0.0485 e. The van der Waals surface area contributed by atoms with Gasteiger partial charge in [0, 0.05) is 13.2 Å². The topological polar surface area (TPSA) is 23.5 Å². The maximum Gasteiger partial charge on any atom is 0.0485 e. The zero-order valence-corrected chi connectivity index (χ0v) is 10.5. The molecular weight excluding hydrogens is 198 g/mol. The van der Waals surface area contributed by atoms with Gasteiger partial charge >= 0.3 is 0 Å². The highest BCUT2D eigenvalue weighted by Crippen LogP contribution is 2.31. The van der Waals surface area contributed by atoms with Gasteiger partial charge in [-0.25, -0.2) is 0 Å². The van der Waals surface area contributed by atoms with Gasteiger partial charge in [-0.2, -0.15) is 0 Å². The maximum absolute atomic E-state index is 9.33. The molecule has 0 bridgehead atoms. The number of hydrogen-bond donors (Lipinski definition) is 1. The Balaban J connectivity index is 1.74. The molecule has 0 saturated carbocycles. The summed E-state index contributed by atoms with van der Waals surface area (Å²) in [6, 6.07) is 0. The highest BCUT2D eigenvalue weighted by atomic mass is 16.3. The van der Waals surface area contributed by atoms with Crippen molar-refractivity contribution in [2.24, 2.45) is 11.3 Å². The number of allylic oxidation sites excluding steroid dienone is 2. The maximum atomic E-state index is 9.33. The van der Waals surface area contributed by atoms with Gasteiger partial charge in [0.1, 0.15) is 0 Å². The van der Waals surface area contributed by atoms with Crippen LogP contribution in [0.3, 0.4) is 0 Å². The Hall–Kier alpha value is -0.340. The van der Waals surface area contributed by atoms with Crippen LogP contribution in [0.1, 0.15) is 39.0 Å². The monoisotopic (exact) mass is 223 g/mol. The second-order valence-corrected chi connectivity index (χ2v) is 5.92. The zero-order chi connectivity index (χ0) is 11.4. The van der Waals surface area contributed by atoms with E-state index in [4.69, 9.17) is 0 Å². The number of hydrogen-bond acceptors (Lipinski definition) is 2. The van der Waals surface area contributed by atoms with Crippen molar-refractivity contribution in [2.45, 2.75) is 39.0 Å². The van der Waals surface area contributed by atoms with E-state index in [1.165, 1.54) is 38.9 Å². The van der Waals surface area contributed by atoms with Crippen LogP contribution in [0.2, 0.25) is 0 Å². The van der Waals surface area contributed by atoms with Crippen LogP contribution < -0.4 is 0 Å². The standard InChI is InChI=1S/C14H25NO/c1-14(12-16)7-9-15(10-8-14)11-13-5-3-2-4-6-13/h2-3,13,16H,4-12H2,1H3. The lowest BCUT2D eigenvalue weighted by atomic mass is 9.81. The van der Waals surface area contributed by atoms with Gasteiger partial charge in [-0.1, -0.05) is 19.1 Å². The van der Waals surface area contributed by atoms with E-state index in [0.29, 0.717) is 6.61 Å². The van der Waals surface area contributed by atoms with Crippen LogP contribution in [-0.4, -0.2) is 36.2 Å². The van der Waals surface area contributed by atoms with Crippen LogP contribution in [0.15, 0.2) is 12.2 Å². The normalized spacial score (nSPS) is 30.5. The first kappa shape index (κ1) is 12.1. The Morgan fingerprint density at radius 1 is 1.31 bits per heavy atom. The SMILES string of the molecule is CC1(CO)CCN(CC2CC=CCC2)CC1. The molecule has 1 aliphatic carbocycles. The van der Waals surface area contributed by atoms with Crippen LogP contribution in [0.25, 0.3) is 0 Å². The lowest BCUT2D eigenvalue weighted by Crippen LogP contribution is -2.42. The minimum atomic E-state index is 0.197. The second kappa shape index (κ2) is 5.33. The molecular formula is C14H25NO. The van der Waals surface area contributed by atoms with E-state index < -0.39 is 0 Å². The second-order valence-electron chi connectivity index (χ2n) is 5.92. The summed E-state index contributed by atoms with van der Waals surface area (Å²) >= 11 is 0. The summed E-state index contributed by atoms with van der Waals surface area (Å²) in [7, 11) is 0. The third kappa shape index (κ3) is 3.08. The van der Waals surface area contributed by atoms with Crippen molar-refractivity contribution < 1.29 is 5.11 Å². The first-order chi connectivity index (χ1) is 7.72. The van der Waals surface area contributed by atoms with Crippen molar-refractivity contribution >= 4 is 0 Å². The number of rotatable bonds is 3. The van der Waals surface area contributed by atoms with E-state index in [1.807, 2.05) is 0 Å². The quantitative estimate of drug-likeness (QED) is 0.743. The molecule has 1 N–H and O–H groups in total. The summed E-state index contributed by atoms with van der Waals surface area (Å²) in [5.41, 5.74) is 0.197. The van der Waals surface area contributed by atoms with Crippen molar-refractivity contribution in [1.29, 1.82) is 0 Å². The molecule has 0 spiro atoms. The van der Waals surface area contributed by atoms with Crippen molar-refractivity contribution in [3.63, 3.8) is 0 Å². The summed E-state index contributed by atoms with van der Waals surface area (Å²) in [6.45, 7) is 6.20. The Morgan fingerprint density at radius 2 is 2.06 bits per heavy atom. The Kier molecular flexibility index (Phi) is 4.04. The molecule has 2 heteroatoms.